The smallest absolute Gasteiger partial charge is 0.333 e. The van der Waals surface area contributed by atoms with Crippen molar-refractivity contribution in [3.8, 4) is 46.4 Å². The molecule has 1 aromatic heterocycles. The van der Waals surface area contributed by atoms with Crippen molar-refractivity contribution in [3.05, 3.63) is 92.1 Å². The molecule has 0 aliphatic heterocycles. The number of unbranched alkanes of at least 4 members (excludes halogenated alkanes) is 40. The molecular formula is C87H141N3O16. The average molecular weight is 1490 g/mol. The van der Waals surface area contributed by atoms with Crippen LogP contribution in [0, 0.1) is 0 Å². The highest BCUT2D eigenvalue weighted by Gasteiger charge is 2.14. The normalized spacial score (nSPS) is 10.9. The van der Waals surface area contributed by atoms with Crippen LogP contribution in [0.25, 0.3) is 11.1 Å². The fraction of sp³-hybridized carbons (Fsp3) is 0.690. The number of benzene rings is 2. The Balaban J connectivity index is 0.000000721. The van der Waals surface area contributed by atoms with Crippen LogP contribution in [-0.2, 0) is 38.1 Å². The van der Waals surface area contributed by atoms with E-state index in [1.807, 2.05) is 24.3 Å². The zero-order valence-electron chi connectivity index (χ0n) is 66.0. The summed E-state index contributed by atoms with van der Waals surface area (Å²) in [5.74, 6) is 1.24. The van der Waals surface area contributed by atoms with Crippen LogP contribution in [0.4, 0.5) is 0 Å². The number of carbonyl (C=O) groups excluding carboxylic acids is 4. The number of hydrogen-bond donors (Lipinski definition) is 2. The maximum absolute atomic E-state index is 11.4. The molecule has 0 unspecified atom stereocenters. The Bertz CT molecular complexity index is 2710. The first-order valence-electron chi connectivity index (χ1n) is 41.1. The number of aromatic nitrogens is 3. The van der Waals surface area contributed by atoms with Crippen LogP contribution in [0.15, 0.2) is 92.1 Å². The van der Waals surface area contributed by atoms with Crippen LogP contribution in [0.1, 0.15) is 309 Å². The third-order valence-electron chi connectivity index (χ3n) is 17.9. The van der Waals surface area contributed by atoms with Crippen molar-refractivity contribution in [2.45, 2.75) is 309 Å². The molecule has 2 aromatic carbocycles. The van der Waals surface area contributed by atoms with Crippen molar-refractivity contribution >= 4 is 23.9 Å². The van der Waals surface area contributed by atoms with E-state index in [9.17, 15) is 24.3 Å². The molecular weight excluding hydrogens is 1340 g/mol. The summed E-state index contributed by atoms with van der Waals surface area (Å²) in [4.78, 5) is 57.7. The standard InChI is InChI=1S/C46H70O8.C41H71N3O8/c1-3-45(48)53-37-24-19-15-11-7-5-9-13-17-22-34-50-41-29-27-40(28-30-41)43-32-31-42(39-44(43)52-36-26-21-33-47)51-35-23-18-14-10-6-8-12-16-20-25-38-54-46(49)4-2;1-35(2)37(46)48-30-24-20-16-12-8-5-6-9-14-18-22-26-32-50-39-42-40(44-41(43-39)52-34-28-29-45)51-33-27-23-19-15-11-7-10-13-17-21-25-31-49-38(47)36(3)4/h3-4,27-32,39,47H,1-2,5-26,33-38H2;45H,1,3,5-34H2,2,4H3. The molecule has 3 rings (SSSR count). The lowest BCUT2D eigenvalue weighted by Crippen LogP contribution is -2.09. The maximum atomic E-state index is 11.4. The topological polar surface area (TPSA) is 240 Å². The van der Waals surface area contributed by atoms with Crippen LogP contribution < -0.4 is 28.4 Å². The summed E-state index contributed by atoms with van der Waals surface area (Å²) >= 11 is 0. The van der Waals surface area contributed by atoms with Gasteiger partial charge in [0.1, 0.15) is 17.2 Å². The van der Waals surface area contributed by atoms with E-state index in [4.69, 9.17) is 52.5 Å². The number of hydrogen-bond acceptors (Lipinski definition) is 19. The zero-order chi connectivity index (χ0) is 76.7. The van der Waals surface area contributed by atoms with Gasteiger partial charge in [0.15, 0.2) is 0 Å². The van der Waals surface area contributed by atoms with Crippen LogP contribution in [0.3, 0.4) is 0 Å². The molecule has 1 heterocycles. The molecule has 2 N–H and O–H groups in total. The largest absolute Gasteiger partial charge is 0.494 e. The fourth-order valence-electron chi connectivity index (χ4n) is 11.6. The van der Waals surface area contributed by atoms with E-state index < -0.39 is 0 Å². The Labute approximate surface area is 639 Å². The number of aliphatic hydroxyl groups is 2. The summed E-state index contributed by atoms with van der Waals surface area (Å²) in [6, 6.07) is 14.9. The van der Waals surface area contributed by atoms with E-state index in [1.165, 1.54) is 192 Å². The Morgan fingerprint density at radius 3 is 0.877 bits per heavy atom. The summed E-state index contributed by atoms with van der Waals surface area (Å²) in [6.07, 6.45) is 54.5. The van der Waals surface area contributed by atoms with Gasteiger partial charge < -0.3 is 57.6 Å². The van der Waals surface area contributed by atoms with Gasteiger partial charge in [-0.2, -0.15) is 0 Å². The highest BCUT2D eigenvalue weighted by atomic mass is 16.6. The van der Waals surface area contributed by atoms with Crippen molar-refractivity contribution in [2.75, 3.05) is 79.3 Å². The second-order valence-electron chi connectivity index (χ2n) is 27.7. The molecule has 0 radical (unpaired) electrons. The lowest BCUT2D eigenvalue weighted by Gasteiger charge is -2.15. The monoisotopic (exact) mass is 1480 g/mol. The van der Waals surface area contributed by atoms with Crippen LogP contribution in [0.5, 0.6) is 35.3 Å². The fourth-order valence-corrected chi connectivity index (χ4v) is 11.6. The van der Waals surface area contributed by atoms with Gasteiger partial charge in [-0.1, -0.05) is 263 Å². The number of nitrogens with zero attached hydrogens (tertiary/aromatic N) is 3. The Morgan fingerprint density at radius 1 is 0.311 bits per heavy atom. The second kappa shape index (κ2) is 69.7. The van der Waals surface area contributed by atoms with Gasteiger partial charge >= 0.3 is 41.9 Å². The summed E-state index contributed by atoms with van der Waals surface area (Å²) < 4.78 is 55.9. The van der Waals surface area contributed by atoms with E-state index in [0.717, 1.165) is 138 Å². The molecule has 600 valence electrons. The molecule has 106 heavy (non-hydrogen) atoms. The minimum atomic E-state index is -0.335. The van der Waals surface area contributed by atoms with Crippen molar-refractivity contribution in [3.63, 3.8) is 0 Å². The summed E-state index contributed by atoms with van der Waals surface area (Å²) in [5.41, 5.74) is 3.00. The van der Waals surface area contributed by atoms with Crippen LogP contribution in [0.2, 0.25) is 0 Å². The predicted octanol–water partition coefficient (Wildman–Crippen LogP) is 21.1. The van der Waals surface area contributed by atoms with Crippen LogP contribution >= 0.6 is 0 Å². The van der Waals surface area contributed by atoms with Gasteiger partial charge in [-0.05, 0) is 108 Å². The quantitative estimate of drug-likeness (QED) is 0.0231. The van der Waals surface area contributed by atoms with E-state index in [2.05, 4.69) is 59.5 Å². The van der Waals surface area contributed by atoms with Gasteiger partial charge in [0.2, 0.25) is 0 Å². The molecule has 19 heteroatoms. The molecule has 0 aliphatic rings. The highest BCUT2D eigenvalue weighted by Crippen LogP contribution is 2.35. The number of rotatable bonds is 73. The molecule has 0 fully saturated rings. The molecule has 0 spiro atoms. The van der Waals surface area contributed by atoms with Gasteiger partial charge in [0.25, 0.3) is 0 Å². The SMILES string of the molecule is C=C(C)C(=O)OCCCCCCCCCCCCCCOc1nc(OCCCO)nc(OCCCCCCCCCCCCCOC(=O)C(=C)C)n1.C=CC(=O)OCCCCCCCCCCCCOc1ccc(-c2ccc(OCCCCCCCCCCCCOC(=O)C=C)cc2OCCCCO)cc1. The first kappa shape index (κ1) is 95.1. The number of carbonyl (C=O) groups is 4. The molecule has 0 saturated carbocycles. The van der Waals surface area contributed by atoms with Gasteiger partial charge in [-0.15, -0.1) is 15.0 Å². The maximum Gasteiger partial charge on any atom is 0.333 e. The van der Waals surface area contributed by atoms with Crippen molar-refractivity contribution in [1.82, 2.24) is 15.0 Å². The van der Waals surface area contributed by atoms with Crippen molar-refractivity contribution in [2.24, 2.45) is 0 Å². The number of esters is 4. The lowest BCUT2D eigenvalue weighted by molar-refractivity contribution is -0.139. The third-order valence-corrected chi connectivity index (χ3v) is 17.9. The molecule has 3 aromatic rings. The second-order valence-corrected chi connectivity index (χ2v) is 27.7. The van der Waals surface area contributed by atoms with Gasteiger partial charge in [-0.25, -0.2) is 19.2 Å². The summed E-state index contributed by atoms with van der Waals surface area (Å²) in [5, 5.41) is 18.3. The van der Waals surface area contributed by atoms with E-state index in [0.29, 0.717) is 83.4 Å². The van der Waals surface area contributed by atoms with Gasteiger partial charge in [0, 0.05) is 54.6 Å². The molecule has 0 amide bonds. The minimum absolute atomic E-state index is 0.0337. The van der Waals surface area contributed by atoms with Crippen molar-refractivity contribution < 1.29 is 76.8 Å². The Morgan fingerprint density at radius 2 is 0.566 bits per heavy atom. The number of aliphatic hydroxyl groups excluding tert-OH is 2. The Kier molecular flexibility index (Phi) is 62.6. The first-order valence-corrected chi connectivity index (χ1v) is 41.1. The van der Waals surface area contributed by atoms with E-state index >= 15 is 0 Å². The first-order chi connectivity index (χ1) is 51.9. The lowest BCUT2D eigenvalue weighted by atomic mass is 10.0. The van der Waals surface area contributed by atoms with Gasteiger partial charge in [-0.3, -0.25) is 0 Å². The predicted molar refractivity (Wildman–Crippen MR) is 425 cm³/mol. The molecule has 0 saturated heterocycles. The highest BCUT2D eigenvalue weighted by molar-refractivity contribution is 5.87. The molecule has 0 atom stereocenters. The molecule has 19 nitrogen and oxygen atoms in total. The zero-order valence-corrected chi connectivity index (χ0v) is 66.0. The van der Waals surface area contributed by atoms with E-state index in [-0.39, 0.29) is 55.1 Å². The average Bonchev–Trinajstić information content (AvgIpc) is 0.824. The summed E-state index contributed by atoms with van der Waals surface area (Å²) in [7, 11) is 0. The summed E-state index contributed by atoms with van der Waals surface area (Å²) in [6.45, 7) is 22.8. The van der Waals surface area contributed by atoms with E-state index in [1.54, 1.807) is 13.8 Å². The third kappa shape index (κ3) is 56.3. The van der Waals surface area contributed by atoms with Crippen LogP contribution in [-0.4, -0.2) is 128 Å². The number of ether oxygens (including phenoxy) is 10. The van der Waals surface area contributed by atoms with Crippen molar-refractivity contribution in [1.29, 1.82) is 0 Å². The molecule has 0 aliphatic carbocycles. The van der Waals surface area contributed by atoms with Gasteiger partial charge in [0.05, 0.1) is 66.1 Å². The minimum Gasteiger partial charge on any atom is -0.494 e. The molecule has 0 bridgehead atoms. The Hall–Kier alpha value is -6.99.